The van der Waals surface area contributed by atoms with Crippen molar-refractivity contribution in [1.29, 1.82) is 0 Å². The Balaban J connectivity index is 2.34. The van der Waals surface area contributed by atoms with E-state index in [1.54, 1.807) is 14.2 Å². The third-order valence-corrected chi connectivity index (χ3v) is 3.82. The fourth-order valence-corrected chi connectivity index (χ4v) is 2.93. The predicted molar refractivity (Wildman–Crippen MR) is 71.6 cm³/mol. The Morgan fingerprint density at radius 1 is 1.22 bits per heavy atom. The molecule has 0 heterocycles. The molecule has 0 radical (unpaired) electrons. The van der Waals surface area contributed by atoms with Gasteiger partial charge in [-0.15, -0.1) is 0 Å². The number of methoxy groups -OCH3 is 2. The van der Waals surface area contributed by atoms with Crippen LogP contribution in [0.1, 0.15) is 37.3 Å². The molecule has 1 aromatic carbocycles. The smallest absolute Gasteiger partial charge is 0.165 e. The van der Waals surface area contributed by atoms with Crippen molar-refractivity contribution < 1.29 is 9.47 Å². The van der Waals surface area contributed by atoms with E-state index in [2.05, 4.69) is 11.5 Å². The van der Waals surface area contributed by atoms with Gasteiger partial charge in [0.1, 0.15) is 0 Å². The maximum atomic E-state index is 5.75. The van der Waals surface area contributed by atoms with Gasteiger partial charge >= 0.3 is 0 Å². The van der Waals surface area contributed by atoms with E-state index in [4.69, 9.17) is 15.3 Å². The van der Waals surface area contributed by atoms with Gasteiger partial charge in [0, 0.05) is 5.56 Å². The van der Waals surface area contributed by atoms with Crippen LogP contribution in [-0.2, 0) is 0 Å². The molecule has 4 nitrogen and oxygen atoms in total. The zero-order valence-corrected chi connectivity index (χ0v) is 11.1. The molecule has 1 fully saturated rings. The Hall–Kier alpha value is -1.26. The van der Waals surface area contributed by atoms with E-state index in [1.165, 1.54) is 25.7 Å². The molecule has 1 aromatic rings. The van der Waals surface area contributed by atoms with E-state index in [0.29, 0.717) is 5.92 Å². The first kappa shape index (κ1) is 13.2. The van der Waals surface area contributed by atoms with Gasteiger partial charge in [-0.05, 0) is 24.8 Å². The summed E-state index contributed by atoms with van der Waals surface area (Å²) in [6.07, 6.45) is 5.01. The van der Waals surface area contributed by atoms with E-state index in [-0.39, 0.29) is 6.04 Å². The Kier molecular flexibility index (Phi) is 4.44. The third-order valence-electron chi connectivity index (χ3n) is 3.82. The van der Waals surface area contributed by atoms with Gasteiger partial charge in [-0.25, -0.2) is 0 Å². The number of hydrogen-bond donors (Lipinski definition) is 2. The molecular weight excluding hydrogens is 228 g/mol. The summed E-state index contributed by atoms with van der Waals surface area (Å²) in [6.45, 7) is 0. The van der Waals surface area contributed by atoms with Crippen LogP contribution in [0.25, 0.3) is 0 Å². The van der Waals surface area contributed by atoms with E-state index in [9.17, 15) is 0 Å². The largest absolute Gasteiger partial charge is 0.493 e. The number of para-hydroxylation sites is 1. The summed E-state index contributed by atoms with van der Waals surface area (Å²) in [5.74, 6) is 7.88. The van der Waals surface area contributed by atoms with Crippen LogP contribution in [0.5, 0.6) is 11.5 Å². The highest BCUT2D eigenvalue weighted by Gasteiger charge is 2.28. The molecule has 1 unspecified atom stereocenters. The van der Waals surface area contributed by atoms with Gasteiger partial charge in [0.25, 0.3) is 0 Å². The minimum Gasteiger partial charge on any atom is -0.493 e. The van der Waals surface area contributed by atoms with Gasteiger partial charge in [0.2, 0.25) is 0 Å². The maximum absolute atomic E-state index is 5.75. The molecule has 0 spiro atoms. The molecule has 0 bridgehead atoms. The lowest BCUT2D eigenvalue weighted by atomic mass is 9.91. The van der Waals surface area contributed by atoms with E-state index in [0.717, 1.165) is 17.1 Å². The van der Waals surface area contributed by atoms with Crippen molar-refractivity contribution in [1.82, 2.24) is 5.43 Å². The molecule has 18 heavy (non-hydrogen) atoms. The second kappa shape index (κ2) is 6.07. The van der Waals surface area contributed by atoms with Gasteiger partial charge in [-0.1, -0.05) is 25.0 Å². The number of hydrazine groups is 1. The number of nitrogens with one attached hydrogen (secondary N) is 1. The summed E-state index contributed by atoms with van der Waals surface area (Å²) in [4.78, 5) is 0. The summed E-state index contributed by atoms with van der Waals surface area (Å²) >= 11 is 0. The standard InChI is InChI=1S/C14H22N2O2/c1-17-12-9-5-8-11(14(12)18-2)13(16-15)10-6-3-4-7-10/h5,8-10,13,16H,3-4,6-7,15H2,1-2H3. The Bertz CT molecular complexity index is 389. The molecule has 2 rings (SSSR count). The summed E-state index contributed by atoms with van der Waals surface area (Å²) in [5.41, 5.74) is 4.04. The fourth-order valence-electron chi connectivity index (χ4n) is 2.93. The van der Waals surface area contributed by atoms with E-state index in [1.807, 2.05) is 12.1 Å². The molecule has 1 atom stereocenters. The Morgan fingerprint density at radius 3 is 2.50 bits per heavy atom. The normalized spacial score (nSPS) is 17.7. The topological polar surface area (TPSA) is 56.5 Å². The minimum atomic E-state index is 0.137. The number of hydrogen-bond acceptors (Lipinski definition) is 4. The van der Waals surface area contributed by atoms with Crippen LogP contribution < -0.4 is 20.7 Å². The first-order chi connectivity index (χ1) is 8.81. The first-order valence-corrected chi connectivity index (χ1v) is 6.48. The average Bonchev–Trinajstić information content (AvgIpc) is 2.93. The van der Waals surface area contributed by atoms with Crippen LogP contribution in [0.4, 0.5) is 0 Å². The monoisotopic (exact) mass is 250 g/mol. The molecule has 0 aliphatic heterocycles. The fraction of sp³-hybridized carbons (Fsp3) is 0.571. The molecule has 1 saturated carbocycles. The number of benzene rings is 1. The van der Waals surface area contributed by atoms with Crippen molar-refractivity contribution in [3.05, 3.63) is 23.8 Å². The van der Waals surface area contributed by atoms with Gasteiger partial charge in [0.05, 0.1) is 20.3 Å². The lowest BCUT2D eigenvalue weighted by Gasteiger charge is -2.25. The van der Waals surface area contributed by atoms with Crippen molar-refractivity contribution in [2.24, 2.45) is 11.8 Å². The molecule has 1 aliphatic rings. The Morgan fingerprint density at radius 2 is 1.94 bits per heavy atom. The van der Waals surface area contributed by atoms with Gasteiger partial charge in [-0.2, -0.15) is 0 Å². The quantitative estimate of drug-likeness (QED) is 0.622. The van der Waals surface area contributed by atoms with Crippen LogP contribution in [0, 0.1) is 5.92 Å². The van der Waals surface area contributed by atoms with Crippen molar-refractivity contribution in [3.63, 3.8) is 0 Å². The molecule has 3 N–H and O–H groups in total. The van der Waals surface area contributed by atoms with Crippen LogP contribution in [-0.4, -0.2) is 14.2 Å². The van der Waals surface area contributed by atoms with Gasteiger partial charge in [0.15, 0.2) is 11.5 Å². The zero-order chi connectivity index (χ0) is 13.0. The molecule has 0 saturated heterocycles. The maximum Gasteiger partial charge on any atom is 0.165 e. The van der Waals surface area contributed by atoms with Crippen molar-refractivity contribution in [3.8, 4) is 11.5 Å². The first-order valence-electron chi connectivity index (χ1n) is 6.48. The molecule has 4 heteroatoms. The minimum absolute atomic E-state index is 0.137. The second-order valence-corrected chi connectivity index (χ2v) is 4.77. The lowest BCUT2D eigenvalue weighted by molar-refractivity contribution is 0.326. The molecule has 0 aromatic heterocycles. The highest BCUT2D eigenvalue weighted by molar-refractivity contribution is 5.48. The highest BCUT2D eigenvalue weighted by Crippen LogP contribution is 2.41. The SMILES string of the molecule is COc1cccc(C(NN)C2CCCC2)c1OC. The van der Waals surface area contributed by atoms with Crippen LogP contribution >= 0.6 is 0 Å². The molecule has 100 valence electrons. The van der Waals surface area contributed by atoms with E-state index < -0.39 is 0 Å². The predicted octanol–water partition coefficient (Wildman–Crippen LogP) is 2.40. The summed E-state index contributed by atoms with van der Waals surface area (Å²) in [5, 5.41) is 0. The second-order valence-electron chi connectivity index (χ2n) is 4.77. The van der Waals surface area contributed by atoms with Crippen molar-refractivity contribution in [2.75, 3.05) is 14.2 Å². The summed E-state index contributed by atoms with van der Waals surface area (Å²) in [7, 11) is 3.33. The van der Waals surface area contributed by atoms with Crippen LogP contribution in [0.2, 0.25) is 0 Å². The van der Waals surface area contributed by atoms with Crippen LogP contribution in [0.15, 0.2) is 18.2 Å². The third kappa shape index (κ3) is 2.44. The van der Waals surface area contributed by atoms with Crippen molar-refractivity contribution in [2.45, 2.75) is 31.7 Å². The van der Waals surface area contributed by atoms with Gasteiger partial charge in [-0.3, -0.25) is 11.3 Å². The number of ether oxygens (including phenoxy) is 2. The zero-order valence-electron chi connectivity index (χ0n) is 11.1. The summed E-state index contributed by atoms with van der Waals surface area (Å²) in [6, 6.07) is 6.09. The number of nitrogens with two attached hydrogens (primary N) is 1. The molecule has 1 aliphatic carbocycles. The number of rotatable bonds is 5. The van der Waals surface area contributed by atoms with Crippen LogP contribution in [0.3, 0.4) is 0 Å². The van der Waals surface area contributed by atoms with Gasteiger partial charge < -0.3 is 9.47 Å². The highest BCUT2D eigenvalue weighted by atomic mass is 16.5. The molecular formula is C14H22N2O2. The molecule has 0 amide bonds. The van der Waals surface area contributed by atoms with E-state index >= 15 is 0 Å². The summed E-state index contributed by atoms with van der Waals surface area (Å²) < 4.78 is 10.8. The average molecular weight is 250 g/mol. The Labute approximate surface area is 108 Å². The van der Waals surface area contributed by atoms with Crippen molar-refractivity contribution >= 4 is 0 Å². The lowest BCUT2D eigenvalue weighted by Crippen LogP contribution is -2.33.